The van der Waals surface area contributed by atoms with Gasteiger partial charge in [-0.1, -0.05) is 30.3 Å². The SMILES string of the molecule is CCOc1noc(CCC2CCCN(C(=O)N(C)C3CC3c3ccccc3)C2)n1. The Morgan fingerprint density at radius 2 is 2.17 bits per heavy atom. The summed E-state index contributed by atoms with van der Waals surface area (Å²) in [6, 6.07) is 11.3. The third-order valence-corrected chi connectivity index (χ3v) is 6.06. The smallest absolute Gasteiger partial charge is 0.354 e. The third kappa shape index (κ3) is 4.71. The Kier molecular flexibility index (Phi) is 6.02. The van der Waals surface area contributed by atoms with Gasteiger partial charge in [-0.2, -0.15) is 4.98 Å². The molecule has 1 aromatic heterocycles. The number of aryl methyl sites for hydroxylation is 1. The first-order chi connectivity index (χ1) is 14.2. The summed E-state index contributed by atoms with van der Waals surface area (Å²) < 4.78 is 10.5. The van der Waals surface area contributed by atoms with Crippen LogP contribution in [0.15, 0.2) is 34.9 Å². The van der Waals surface area contributed by atoms with Crippen molar-refractivity contribution in [2.24, 2.45) is 5.92 Å². The molecule has 2 aromatic rings. The Hall–Kier alpha value is -2.57. The summed E-state index contributed by atoms with van der Waals surface area (Å²) >= 11 is 0. The molecular weight excluding hydrogens is 368 g/mol. The van der Waals surface area contributed by atoms with Gasteiger partial charge in [0.1, 0.15) is 0 Å². The minimum absolute atomic E-state index is 0.162. The number of piperidine rings is 1. The number of carbonyl (C=O) groups excluding carboxylic acids is 1. The van der Waals surface area contributed by atoms with Gasteiger partial charge in [0, 0.05) is 38.5 Å². The summed E-state index contributed by atoms with van der Waals surface area (Å²) in [5.74, 6) is 1.55. The number of benzene rings is 1. The van der Waals surface area contributed by atoms with Crippen LogP contribution in [-0.2, 0) is 6.42 Å². The van der Waals surface area contributed by atoms with Gasteiger partial charge >= 0.3 is 12.0 Å². The molecule has 2 aliphatic rings. The fourth-order valence-corrected chi connectivity index (χ4v) is 4.36. The van der Waals surface area contributed by atoms with Crippen molar-refractivity contribution >= 4 is 6.03 Å². The van der Waals surface area contributed by atoms with E-state index in [2.05, 4.69) is 34.4 Å². The average molecular weight is 399 g/mol. The lowest BCUT2D eigenvalue weighted by Crippen LogP contribution is -2.47. The van der Waals surface area contributed by atoms with Crippen LogP contribution in [0.3, 0.4) is 0 Å². The van der Waals surface area contributed by atoms with Crippen molar-refractivity contribution in [1.82, 2.24) is 19.9 Å². The van der Waals surface area contributed by atoms with Gasteiger partial charge in [0.15, 0.2) is 0 Å². The standard InChI is InChI=1S/C22H30N4O3/c1-3-28-21-23-20(29-24-21)12-11-16-8-7-13-26(15-16)22(27)25(2)19-14-18(19)17-9-5-4-6-10-17/h4-6,9-10,16,18-19H,3,7-8,11-15H2,1-2H3. The Morgan fingerprint density at radius 1 is 1.34 bits per heavy atom. The Balaban J connectivity index is 1.27. The van der Waals surface area contributed by atoms with Crippen molar-refractivity contribution in [3.8, 4) is 6.01 Å². The predicted molar refractivity (Wildman–Crippen MR) is 109 cm³/mol. The van der Waals surface area contributed by atoms with Gasteiger partial charge in [-0.05, 0) is 49.2 Å². The lowest BCUT2D eigenvalue weighted by atomic mass is 9.93. The molecule has 29 heavy (non-hydrogen) atoms. The minimum atomic E-state index is 0.162. The van der Waals surface area contributed by atoms with Gasteiger partial charge < -0.3 is 19.1 Å². The molecule has 0 spiro atoms. The van der Waals surface area contributed by atoms with Gasteiger partial charge in [0.25, 0.3) is 0 Å². The number of hydrogen-bond donors (Lipinski definition) is 0. The maximum atomic E-state index is 13.0. The van der Waals surface area contributed by atoms with Crippen LogP contribution in [-0.4, -0.2) is 58.8 Å². The molecule has 1 aliphatic heterocycles. The van der Waals surface area contributed by atoms with Crippen molar-refractivity contribution in [2.45, 2.75) is 51.0 Å². The summed E-state index contributed by atoms with van der Waals surface area (Å²) in [4.78, 5) is 21.3. The molecular formula is C22H30N4O3. The first-order valence-electron chi connectivity index (χ1n) is 10.7. The van der Waals surface area contributed by atoms with Crippen LogP contribution < -0.4 is 4.74 Å². The Bertz CT molecular complexity index is 809. The van der Waals surface area contributed by atoms with Gasteiger partial charge in [0.05, 0.1) is 6.61 Å². The van der Waals surface area contributed by atoms with Crippen molar-refractivity contribution < 1.29 is 14.1 Å². The molecule has 0 radical (unpaired) electrons. The summed E-state index contributed by atoms with van der Waals surface area (Å²) in [5, 5.41) is 3.81. The second-order valence-electron chi connectivity index (χ2n) is 8.11. The predicted octanol–water partition coefficient (Wildman–Crippen LogP) is 3.72. The van der Waals surface area contributed by atoms with Crippen LogP contribution in [0.2, 0.25) is 0 Å². The number of carbonyl (C=O) groups is 1. The van der Waals surface area contributed by atoms with Crippen molar-refractivity contribution in [1.29, 1.82) is 0 Å². The number of aromatic nitrogens is 2. The van der Waals surface area contributed by atoms with Crippen molar-refractivity contribution in [2.75, 3.05) is 26.7 Å². The van der Waals surface area contributed by atoms with E-state index >= 15 is 0 Å². The molecule has 0 bridgehead atoms. The number of urea groups is 1. The summed E-state index contributed by atoms with van der Waals surface area (Å²) in [6.45, 7) is 4.07. The lowest BCUT2D eigenvalue weighted by Gasteiger charge is -2.35. The maximum absolute atomic E-state index is 13.0. The van der Waals surface area contributed by atoms with E-state index in [-0.39, 0.29) is 6.03 Å². The number of amides is 2. The number of rotatable bonds is 7. The van der Waals surface area contributed by atoms with Crippen molar-refractivity contribution in [3.63, 3.8) is 0 Å². The zero-order valence-electron chi connectivity index (χ0n) is 17.3. The molecule has 2 amide bonds. The van der Waals surface area contributed by atoms with Crippen LogP contribution in [0.5, 0.6) is 6.01 Å². The van der Waals surface area contributed by atoms with Gasteiger partial charge in [-0.15, -0.1) is 0 Å². The molecule has 1 aliphatic carbocycles. The second kappa shape index (κ2) is 8.84. The third-order valence-electron chi connectivity index (χ3n) is 6.06. The second-order valence-corrected chi connectivity index (χ2v) is 8.11. The normalized spacial score (nSPS) is 23.7. The topological polar surface area (TPSA) is 71.7 Å². The number of nitrogens with zero attached hydrogens (tertiary/aromatic N) is 4. The van der Waals surface area contributed by atoms with E-state index in [9.17, 15) is 4.79 Å². The highest BCUT2D eigenvalue weighted by Crippen LogP contribution is 2.44. The highest BCUT2D eigenvalue weighted by atomic mass is 16.5. The van der Waals surface area contributed by atoms with E-state index < -0.39 is 0 Å². The van der Waals surface area contributed by atoms with E-state index in [0.717, 1.165) is 45.2 Å². The molecule has 2 fully saturated rings. The van der Waals surface area contributed by atoms with Crippen LogP contribution >= 0.6 is 0 Å². The van der Waals surface area contributed by atoms with Crippen LogP contribution in [0.25, 0.3) is 0 Å². The zero-order chi connectivity index (χ0) is 20.2. The first kappa shape index (κ1) is 19.7. The van der Waals surface area contributed by atoms with Crippen LogP contribution in [0.4, 0.5) is 4.79 Å². The molecule has 3 unspecified atom stereocenters. The number of likely N-dealkylation sites (N-methyl/N-ethyl adjacent to an activating group) is 1. The molecule has 156 valence electrons. The van der Waals surface area contributed by atoms with E-state index in [1.807, 2.05) is 29.8 Å². The highest BCUT2D eigenvalue weighted by molar-refractivity contribution is 5.75. The average Bonchev–Trinajstić information content (AvgIpc) is 3.44. The molecule has 7 heteroatoms. The van der Waals surface area contributed by atoms with Crippen molar-refractivity contribution in [3.05, 3.63) is 41.8 Å². The monoisotopic (exact) mass is 398 g/mol. The number of likely N-dealkylation sites (tertiary alicyclic amines) is 1. The van der Waals surface area contributed by atoms with E-state index in [4.69, 9.17) is 9.26 Å². The Morgan fingerprint density at radius 3 is 2.97 bits per heavy atom. The van der Waals surface area contributed by atoms with Crippen LogP contribution in [0, 0.1) is 5.92 Å². The van der Waals surface area contributed by atoms with Crippen LogP contribution in [0.1, 0.15) is 50.0 Å². The fourth-order valence-electron chi connectivity index (χ4n) is 4.36. The summed E-state index contributed by atoms with van der Waals surface area (Å²) in [5.41, 5.74) is 1.33. The molecule has 2 heterocycles. The quantitative estimate of drug-likeness (QED) is 0.711. The molecule has 3 atom stereocenters. The van der Waals surface area contributed by atoms with Gasteiger partial charge in [0.2, 0.25) is 5.89 Å². The minimum Gasteiger partial charge on any atom is -0.462 e. The Labute approximate surface area is 172 Å². The molecule has 4 rings (SSSR count). The first-order valence-corrected chi connectivity index (χ1v) is 10.7. The van der Waals surface area contributed by atoms with E-state index in [1.54, 1.807) is 0 Å². The largest absolute Gasteiger partial charge is 0.462 e. The summed E-state index contributed by atoms with van der Waals surface area (Å²) in [6.07, 6.45) is 4.91. The molecule has 1 saturated heterocycles. The molecule has 1 aromatic carbocycles. The molecule has 1 saturated carbocycles. The molecule has 0 N–H and O–H groups in total. The fraction of sp³-hybridized carbons (Fsp3) is 0.591. The summed E-state index contributed by atoms with van der Waals surface area (Å²) in [7, 11) is 1.95. The number of hydrogen-bond acceptors (Lipinski definition) is 5. The maximum Gasteiger partial charge on any atom is 0.354 e. The zero-order valence-corrected chi connectivity index (χ0v) is 17.3. The number of ether oxygens (including phenoxy) is 1. The molecule has 7 nitrogen and oxygen atoms in total. The lowest BCUT2D eigenvalue weighted by molar-refractivity contribution is 0.131. The van der Waals surface area contributed by atoms with Gasteiger partial charge in [-0.25, -0.2) is 4.79 Å². The van der Waals surface area contributed by atoms with E-state index in [1.165, 1.54) is 5.56 Å². The van der Waals surface area contributed by atoms with Gasteiger partial charge in [-0.3, -0.25) is 0 Å². The highest BCUT2D eigenvalue weighted by Gasteiger charge is 2.44. The van der Waals surface area contributed by atoms with E-state index in [0.29, 0.717) is 36.4 Å².